The molecule has 2 rings (SSSR count). The zero-order chi connectivity index (χ0) is 14.4. The van der Waals surface area contributed by atoms with Gasteiger partial charge in [0.1, 0.15) is 5.75 Å². The molecule has 0 aliphatic carbocycles. The van der Waals surface area contributed by atoms with Crippen molar-refractivity contribution in [1.82, 2.24) is 10.3 Å². The summed E-state index contributed by atoms with van der Waals surface area (Å²) in [6, 6.07) is 12.6. The number of hydrogen-bond donors (Lipinski definition) is 1. The van der Waals surface area contributed by atoms with E-state index in [1.807, 2.05) is 31.4 Å². The number of nitrogens with one attached hydrogen (secondary N) is 1. The number of nitrogens with zero attached hydrogens (tertiary/aromatic N) is 1. The van der Waals surface area contributed by atoms with Crippen molar-refractivity contribution in [2.24, 2.45) is 0 Å². The zero-order valence-electron chi connectivity index (χ0n) is 11.8. The molecule has 0 spiro atoms. The van der Waals surface area contributed by atoms with Gasteiger partial charge in [-0.25, -0.2) is 0 Å². The van der Waals surface area contributed by atoms with Crippen LogP contribution in [-0.2, 0) is 12.8 Å². The number of ether oxygens (including phenoxy) is 1. The third-order valence-electron chi connectivity index (χ3n) is 3.27. The van der Waals surface area contributed by atoms with Crippen molar-refractivity contribution in [2.45, 2.75) is 18.9 Å². The van der Waals surface area contributed by atoms with Crippen molar-refractivity contribution in [3.05, 3.63) is 58.3 Å². The lowest BCUT2D eigenvalue weighted by atomic mass is 10.0. The molecule has 1 N–H and O–H groups in total. The summed E-state index contributed by atoms with van der Waals surface area (Å²) in [6.45, 7) is 0. The first-order chi connectivity index (χ1) is 9.71. The Balaban J connectivity index is 2.02. The number of likely N-dealkylation sites (N-methyl/N-ethyl adjacent to an activating group) is 1. The molecule has 1 heterocycles. The Morgan fingerprint density at radius 1 is 1.25 bits per heavy atom. The highest BCUT2D eigenvalue weighted by atomic mass is 79.9. The van der Waals surface area contributed by atoms with Gasteiger partial charge in [0.15, 0.2) is 0 Å². The van der Waals surface area contributed by atoms with Crippen molar-refractivity contribution in [2.75, 3.05) is 14.2 Å². The van der Waals surface area contributed by atoms with Gasteiger partial charge in [0.25, 0.3) is 0 Å². The van der Waals surface area contributed by atoms with Gasteiger partial charge in [-0.05, 0) is 59.2 Å². The zero-order valence-corrected chi connectivity index (χ0v) is 13.4. The molecular weight excluding hydrogens is 316 g/mol. The number of aromatic nitrogens is 1. The maximum Gasteiger partial charge on any atom is 0.119 e. The lowest BCUT2D eigenvalue weighted by Gasteiger charge is -2.16. The summed E-state index contributed by atoms with van der Waals surface area (Å²) in [5.74, 6) is 0.902. The molecule has 4 heteroatoms. The van der Waals surface area contributed by atoms with Gasteiger partial charge in [0.2, 0.25) is 0 Å². The number of halogens is 1. The van der Waals surface area contributed by atoms with E-state index >= 15 is 0 Å². The minimum atomic E-state index is 0.357. The maximum absolute atomic E-state index is 5.26. The van der Waals surface area contributed by atoms with Crippen LogP contribution in [0.3, 0.4) is 0 Å². The third kappa shape index (κ3) is 4.32. The van der Waals surface area contributed by atoms with Crippen molar-refractivity contribution >= 4 is 15.9 Å². The van der Waals surface area contributed by atoms with Crippen LogP contribution in [0.2, 0.25) is 0 Å². The van der Waals surface area contributed by atoms with Gasteiger partial charge in [-0.1, -0.05) is 12.1 Å². The van der Waals surface area contributed by atoms with E-state index in [9.17, 15) is 0 Å². The van der Waals surface area contributed by atoms with Crippen molar-refractivity contribution < 1.29 is 4.74 Å². The Morgan fingerprint density at radius 2 is 2.10 bits per heavy atom. The number of rotatable bonds is 6. The number of hydrogen-bond acceptors (Lipinski definition) is 3. The lowest BCUT2D eigenvalue weighted by Crippen LogP contribution is -2.30. The van der Waals surface area contributed by atoms with Gasteiger partial charge in [-0.2, -0.15) is 0 Å². The second-order valence-corrected chi connectivity index (χ2v) is 5.63. The smallest absolute Gasteiger partial charge is 0.119 e. The average Bonchev–Trinajstić information content (AvgIpc) is 2.49. The van der Waals surface area contributed by atoms with Crippen LogP contribution >= 0.6 is 15.9 Å². The maximum atomic E-state index is 5.26. The summed E-state index contributed by atoms with van der Waals surface area (Å²) in [7, 11) is 3.68. The molecule has 1 aromatic carbocycles. The van der Waals surface area contributed by atoms with Gasteiger partial charge in [-0.15, -0.1) is 0 Å². The Labute approximate surface area is 128 Å². The molecule has 0 saturated heterocycles. The highest BCUT2D eigenvalue weighted by Gasteiger charge is 2.10. The molecule has 3 nitrogen and oxygen atoms in total. The van der Waals surface area contributed by atoms with E-state index in [-0.39, 0.29) is 0 Å². The van der Waals surface area contributed by atoms with E-state index in [2.05, 4.69) is 44.4 Å². The van der Waals surface area contributed by atoms with Crippen molar-refractivity contribution in [3.8, 4) is 5.75 Å². The van der Waals surface area contributed by atoms with E-state index in [0.717, 1.165) is 28.8 Å². The predicted molar refractivity (Wildman–Crippen MR) is 85.2 cm³/mol. The fourth-order valence-corrected chi connectivity index (χ4v) is 2.37. The quantitative estimate of drug-likeness (QED) is 0.880. The van der Waals surface area contributed by atoms with Gasteiger partial charge >= 0.3 is 0 Å². The average molecular weight is 335 g/mol. The van der Waals surface area contributed by atoms with Crippen LogP contribution in [0.4, 0.5) is 0 Å². The molecule has 1 atom stereocenters. The number of pyridine rings is 1. The van der Waals surface area contributed by atoms with Gasteiger partial charge in [0.05, 0.1) is 7.11 Å². The minimum absolute atomic E-state index is 0.357. The normalized spacial score (nSPS) is 12.2. The molecule has 0 aliphatic heterocycles. The third-order valence-corrected chi connectivity index (χ3v) is 3.74. The van der Waals surface area contributed by atoms with Crippen LogP contribution in [0.1, 0.15) is 11.3 Å². The minimum Gasteiger partial charge on any atom is -0.497 e. The van der Waals surface area contributed by atoms with E-state index in [1.54, 1.807) is 7.11 Å². The molecule has 0 bridgehead atoms. The molecule has 2 aromatic rings. The van der Waals surface area contributed by atoms with Crippen LogP contribution in [0.5, 0.6) is 5.75 Å². The molecule has 1 unspecified atom stereocenters. The highest BCUT2D eigenvalue weighted by Crippen LogP contribution is 2.15. The van der Waals surface area contributed by atoms with Crippen LogP contribution in [0.15, 0.2) is 47.1 Å². The summed E-state index contributed by atoms with van der Waals surface area (Å²) < 4.78 is 6.27. The summed E-state index contributed by atoms with van der Waals surface area (Å²) in [4.78, 5) is 4.43. The van der Waals surface area contributed by atoms with Crippen molar-refractivity contribution in [3.63, 3.8) is 0 Å². The van der Waals surface area contributed by atoms with Crippen molar-refractivity contribution in [1.29, 1.82) is 0 Å². The number of benzene rings is 1. The van der Waals surface area contributed by atoms with Gasteiger partial charge in [0, 0.05) is 28.8 Å². The molecule has 0 radical (unpaired) electrons. The molecule has 0 amide bonds. The highest BCUT2D eigenvalue weighted by molar-refractivity contribution is 9.10. The fourth-order valence-electron chi connectivity index (χ4n) is 2.14. The molecule has 106 valence electrons. The summed E-state index contributed by atoms with van der Waals surface area (Å²) in [5, 5.41) is 3.36. The van der Waals surface area contributed by atoms with Crippen LogP contribution in [0, 0.1) is 0 Å². The lowest BCUT2D eigenvalue weighted by molar-refractivity contribution is 0.414. The van der Waals surface area contributed by atoms with Crippen LogP contribution in [-0.4, -0.2) is 25.2 Å². The second-order valence-electron chi connectivity index (χ2n) is 4.71. The molecular formula is C16H19BrN2O. The Kier molecular flexibility index (Phi) is 5.56. The van der Waals surface area contributed by atoms with E-state index in [0.29, 0.717) is 6.04 Å². The Bertz CT molecular complexity index is 542. The Morgan fingerprint density at radius 3 is 2.75 bits per heavy atom. The molecule has 0 saturated carbocycles. The second kappa shape index (κ2) is 7.41. The topological polar surface area (TPSA) is 34.1 Å². The predicted octanol–water partition coefficient (Wildman–Crippen LogP) is 3.23. The molecule has 0 aliphatic rings. The Hall–Kier alpha value is -1.39. The first-order valence-electron chi connectivity index (χ1n) is 6.62. The first kappa shape index (κ1) is 15.0. The van der Waals surface area contributed by atoms with Crippen LogP contribution < -0.4 is 10.1 Å². The fraction of sp³-hybridized carbons (Fsp3) is 0.312. The summed E-state index contributed by atoms with van der Waals surface area (Å²) in [5.41, 5.74) is 2.36. The summed E-state index contributed by atoms with van der Waals surface area (Å²) >= 11 is 3.41. The first-order valence-corrected chi connectivity index (χ1v) is 7.41. The van der Waals surface area contributed by atoms with E-state index in [1.165, 1.54) is 5.56 Å². The molecule has 0 fully saturated rings. The van der Waals surface area contributed by atoms with Gasteiger partial charge in [-0.3, -0.25) is 4.98 Å². The van der Waals surface area contributed by atoms with E-state index in [4.69, 9.17) is 4.74 Å². The monoisotopic (exact) mass is 334 g/mol. The standard InChI is InChI=1S/C16H19BrN2O/c1-18-15(10-14-7-6-13(17)11-19-14)8-12-4-3-5-16(9-12)20-2/h3-7,9,11,15,18H,8,10H2,1-2H3. The summed E-state index contributed by atoms with van der Waals surface area (Å²) in [6.07, 6.45) is 3.69. The largest absolute Gasteiger partial charge is 0.497 e. The SMILES string of the molecule is CNC(Cc1cccc(OC)c1)Cc1ccc(Br)cn1. The molecule has 1 aromatic heterocycles. The van der Waals surface area contributed by atoms with Gasteiger partial charge < -0.3 is 10.1 Å². The van der Waals surface area contributed by atoms with E-state index < -0.39 is 0 Å². The van der Waals surface area contributed by atoms with Crippen LogP contribution in [0.25, 0.3) is 0 Å². The molecule has 20 heavy (non-hydrogen) atoms. The number of methoxy groups -OCH3 is 1.